The van der Waals surface area contributed by atoms with E-state index in [1.54, 1.807) is 0 Å². The van der Waals surface area contributed by atoms with Crippen LogP contribution in [0.2, 0.25) is 0 Å². The third-order valence-electron chi connectivity index (χ3n) is 10.6. The van der Waals surface area contributed by atoms with E-state index in [2.05, 4.69) is 26.1 Å². The van der Waals surface area contributed by atoms with Crippen LogP contribution in [0.5, 0.6) is 0 Å². The van der Waals surface area contributed by atoms with Gasteiger partial charge in [0.05, 0.1) is 6.10 Å². The second kappa shape index (κ2) is 8.41. The fourth-order valence-corrected chi connectivity index (χ4v) is 9.18. The number of hydrogen-bond donors (Lipinski definition) is 2. The van der Waals surface area contributed by atoms with Gasteiger partial charge in [0.2, 0.25) is 5.91 Å². The molecule has 8 unspecified atom stereocenters. The number of amides is 1. The van der Waals surface area contributed by atoms with E-state index in [9.17, 15) is 9.90 Å². The Morgan fingerprint density at radius 3 is 2.47 bits per heavy atom. The van der Waals surface area contributed by atoms with Crippen molar-refractivity contribution in [2.75, 3.05) is 0 Å². The zero-order valence-electron chi connectivity index (χ0n) is 20.3. The Balaban J connectivity index is 1.47. The smallest absolute Gasteiger partial charge is 0.220 e. The van der Waals surface area contributed by atoms with Gasteiger partial charge in [0.25, 0.3) is 0 Å². The number of fused-ring (bicyclic) bond motifs is 5. The maximum atomic E-state index is 12.2. The summed E-state index contributed by atoms with van der Waals surface area (Å²) in [5, 5.41) is 14.4. The second-order valence-electron chi connectivity index (χ2n) is 12.5. The van der Waals surface area contributed by atoms with Crippen LogP contribution < -0.4 is 5.32 Å². The average molecular weight is 418 g/mol. The third-order valence-corrected chi connectivity index (χ3v) is 10.6. The van der Waals surface area contributed by atoms with Crippen LogP contribution in [0.1, 0.15) is 105 Å². The molecule has 172 valence electrons. The van der Waals surface area contributed by atoms with E-state index < -0.39 is 0 Å². The minimum absolute atomic E-state index is 0.0818. The molecule has 2 N–H and O–H groups in total. The van der Waals surface area contributed by atoms with Crippen molar-refractivity contribution in [3.05, 3.63) is 0 Å². The molecule has 4 rings (SSSR count). The quantitative estimate of drug-likeness (QED) is 0.581. The molecule has 0 radical (unpaired) electrons. The van der Waals surface area contributed by atoms with Gasteiger partial charge in [-0.3, -0.25) is 4.79 Å². The summed E-state index contributed by atoms with van der Waals surface area (Å²) in [5.41, 5.74) is 0.829. The zero-order valence-corrected chi connectivity index (χ0v) is 20.3. The highest BCUT2D eigenvalue weighted by Gasteiger charge is 2.62. The van der Waals surface area contributed by atoms with Crippen LogP contribution in [-0.4, -0.2) is 23.2 Å². The first-order valence-corrected chi connectivity index (χ1v) is 13.1. The molecule has 0 aliphatic heterocycles. The number of carbonyl (C=O) groups excluding carboxylic acids is 1. The third kappa shape index (κ3) is 3.76. The Labute approximate surface area is 185 Å². The van der Waals surface area contributed by atoms with Crippen LogP contribution in [-0.2, 0) is 4.79 Å². The molecular formula is C27H47NO2. The monoisotopic (exact) mass is 417 g/mol. The highest BCUT2D eigenvalue weighted by molar-refractivity contribution is 5.76. The Bertz CT molecular complexity index is 632. The molecule has 3 nitrogen and oxygen atoms in total. The predicted octanol–water partition coefficient (Wildman–Crippen LogP) is 5.95. The van der Waals surface area contributed by atoms with Crippen molar-refractivity contribution in [2.45, 2.75) is 117 Å². The van der Waals surface area contributed by atoms with Gasteiger partial charge in [-0.15, -0.1) is 0 Å². The van der Waals surface area contributed by atoms with Crippen molar-refractivity contribution < 1.29 is 9.90 Å². The number of nitrogens with one attached hydrogen (secondary N) is 1. The maximum Gasteiger partial charge on any atom is 0.220 e. The summed E-state index contributed by atoms with van der Waals surface area (Å²) in [6.07, 6.45) is 13.4. The number of rotatable bonds is 5. The average Bonchev–Trinajstić information content (AvgIpc) is 3.03. The van der Waals surface area contributed by atoms with Gasteiger partial charge in [-0.2, -0.15) is 0 Å². The van der Waals surface area contributed by atoms with E-state index >= 15 is 0 Å². The van der Waals surface area contributed by atoms with E-state index in [-0.39, 0.29) is 18.1 Å². The molecule has 0 spiro atoms. The van der Waals surface area contributed by atoms with Gasteiger partial charge < -0.3 is 10.4 Å². The number of aliphatic hydroxyl groups excluding tert-OH is 1. The summed E-state index contributed by atoms with van der Waals surface area (Å²) < 4.78 is 0. The fraction of sp³-hybridized carbons (Fsp3) is 0.963. The highest BCUT2D eigenvalue weighted by atomic mass is 16.3. The van der Waals surface area contributed by atoms with Crippen molar-refractivity contribution in [3.8, 4) is 0 Å². The SMILES string of the molecule is CC(C)NC(=O)CC[C@@H](C)C1CCC2C3C(O)CC4CCCCC4(C)C3CCC21C. The minimum Gasteiger partial charge on any atom is -0.393 e. The lowest BCUT2D eigenvalue weighted by Gasteiger charge is -2.62. The molecule has 9 atom stereocenters. The van der Waals surface area contributed by atoms with Gasteiger partial charge >= 0.3 is 0 Å². The molecule has 1 amide bonds. The van der Waals surface area contributed by atoms with Crippen LogP contribution >= 0.6 is 0 Å². The summed E-state index contributed by atoms with van der Waals surface area (Å²) in [4.78, 5) is 12.2. The zero-order chi connectivity index (χ0) is 21.7. The number of carbonyl (C=O) groups is 1. The van der Waals surface area contributed by atoms with Crippen molar-refractivity contribution in [3.63, 3.8) is 0 Å². The Morgan fingerprint density at radius 1 is 1.00 bits per heavy atom. The molecular weight excluding hydrogens is 370 g/mol. The van der Waals surface area contributed by atoms with Gasteiger partial charge in [-0.25, -0.2) is 0 Å². The Hall–Kier alpha value is -0.570. The number of aliphatic hydroxyl groups is 1. The topological polar surface area (TPSA) is 49.3 Å². The second-order valence-corrected chi connectivity index (χ2v) is 12.5. The van der Waals surface area contributed by atoms with Crippen molar-refractivity contribution in [1.82, 2.24) is 5.32 Å². The predicted molar refractivity (Wildman–Crippen MR) is 123 cm³/mol. The summed E-state index contributed by atoms with van der Waals surface area (Å²) in [6.45, 7) is 11.6. The maximum absolute atomic E-state index is 12.2. The molecule has 3 heteroatoms. The lowest BCUT2D eigenvalue weighted by molar-refractivity contribution is -0.164. The van der Waals surface area contributed by atoms with Crippen LogP contribution in [0, 0.1) is 46.3 Å². The van der Waals surface area contributed by atoms with Gasteiger partial charge in [-0.05, 0) is 112 Å². The van der Waals surface area contributed by atoms with Gasteiger partial charge in [0.1, 0.15) is 0 Å². The standard InChI is InChI=1S/C27H47NO2/c1-17(2)28-24(30)12-9-18(3)20-10-11-21-25-22(13-15-27(20,21)5)26(4)14-7-6-8-19(26)16-23(25)29/h17-23,25,29H,6-16H2,1-5H3,(H,28,30)/t18-,19?,20?,21?,22?,23?,25?,26?,27?/m1/s1. The van der Waals surface area contributed by atoms with Crippen LogP contribution in [0.15, 0.2) is 0 Å². The molecule has 0 aromatic heterocycles. The molecule has 0 heterocycles. The molecule has 0 aromatic rings. The molecule has 4 aliphatic rings. The first-order valence-electron chi connectivity index (χ1n) is 13.1. The molecule has 30 heavy (non-hydrogen) atoms. The van der Waals surface area contributed by atoms with E-state index in [1.165, 1.54) is 51.4 Å². The number of hydrogen-bond acceptors (Lipinski definition) is 2. The molecule has 0 aromatic carbocycles. The molecule has 0 saturated heterocycles. The molecule has 4 saturated carbocycles. The summed E-state index contributed by atoms with van der Waals surface area (Å²) >= 11 is 0. The molecule has 4 fully saturated rings. The van der Waals surface area contributed by atoms with Crippen molar-refractivity contribution in [2.24, 2.45) is 46.3 Å². The summed E-state index contributed by atoms with van der Waals surface area (Å²) in [5.74, 6) is 4.19. The molecule has 0 bridgehead atoms. The Morgan fingerprint density at radius 2 is 1.73 bits per heavy atom. The van der Waals surface area contributed by atoms with Gasteiger partial charge in [-0.1, -0.05) is 33.6 Å². The minimum atomic E-state index is -0.0818. The van der Waals surface area contributed by atoms with Crippen LogP contribution in [0.4, 0.5) is 0 Å². The van der Waals surface area contributed by atoms with E-state index in [0.29, 0.717) is 40.9 Å². The largest absolute Gasteiger partial charge is 0.393 e. The van der Waals surface area contributed by atoms with Crippen LogP contribution in [0.3, 0.4) is 0 Å². The summed E-state index contributed by atoms with van der Waals surface area (Å²) in [7, 11) is 0. The van der Waals surface area contributed by atoms with Crippen molar-refractivity contribution >= 4 is 5.91 Å². The van der Waals surface area contributed by atoms with Crippen molar-refractivity contribution in [1.29, 1.82) is 0 Å². The first-order chi connectivity index (χ1) is 14.2. The normalized spacial score (nSPS) is 46.6. The van der Waals surface area contributed by atoms with E-state index in [4.69, 9.17) is 0 Å². The van der Waals surface area contributed by atoms with E-state index in [1.807, 2.05) is 13.8 Å². The lowest BCUT2D eigenvalue weighted by Crippen LogP contribution is -2.57. The lowest BCUT2D eigenvalue weighted by atomic mass is 9.44. The van der Waals surface area contributed by atoms with Gasteiger partial charge in [0.15, 0.2) is 0 Å². The highest BCUT2D eigenvalue weighted by Crippen LogP contribution is 2.68. The summed E-state index contributed by atoms with van der Waals surface area (Å²) in [6, 6.07) is 0.231. The molecule has 4 aliphatic carbocycles. The van der Waals surface area contributed by atoms with Gasteiger partial charge in [0, 0.05) is 12.5 Å². The fourth-order valence-electron chi connectivity index (χ4n) is 9.18. The van der Waals surface area contributed by atoms with E-state index in [0.717, 1.165) is 24.7 Å². The Kier molecular flexibility index (Phi) is 6.34. The first kappa shape index (κ1) is 22.6. The van der Waals surface area contributed by atoms with Crippen LogP contribution in [0.25, 0.3) is 0 Å².